The first-order valence-electron chi connectivity index (χ1n) is 10.1. The van der Waals surface area contributed by atoms with Gasteiger partial charge in [0.1, 0.15) is 5.52 Å². The summed E-state index contributed by atoms with van der Waals surface area (Å²) >= 11 is 0. The second kappa shape index (κ2) is 7.69. The SMILES string of the molecule is CN1c2ccccc2N(CCNC(=O)c2ccc3noc(-c4ccccc4)c3c2)S1(=O)=O. The number of para-hydroxylation sites is 2. The number of carbonyl (C=O) groups excluding carboxylic acids is 1. The summed E-state index contributed by atoms with van der Waals surface area (Å²) in [6, 6.07) is 21.8. The number of fused-ring (bicyclic) bond motifs is 2. The summed E-state index contributed by atoms with van der Waals surface area (Å²) in [6.07, 6.45) is 0. The van der Waals surface area contributed by atoms with Crippen molar-refractivity contribution in [2.45, 2.75) is 0 Å². The highest BCUT2D eigenvalue weighted by Gasteiger charge is 2.37. The lowest BCUT2D eigenvalue weighted by atomic mass is 10.1. The van der Waals surface area contributed by atoms with E-state index in [9.17, 15) is 13.2 Å². The molecule has 162 valence electrons. The van der Waals surface area contributed by atoms with Crippen LogP contribution in [0.4, 0.5) is 11.4 Å². The summed E-state index contributed by atoms with van der Waals surface area (Å²) in [5.41, 5.74) is 3.19. The molecule has 1 amide bonds. The lowest BCUT2D eigenvalue weighted by Crippen LogP contribution is -2.40. The Morgan fingerprint density at radius 3 is 2.50 bits per heavy atom. The number of hydrogen-bond donors (Lipinski definition) is 1. The Labute approximate surface area is 185 Å². The zero-order valence-electron chi connectivity index (χ0n) is 17.2. The molecule has 0 unspecified atom stereocenters. The van der Waals surface area contributed by atoms with Crippen LogP contribution in [0.5, 0.6) is 0 Å². The zero-order valence-corrected chi connectivity index (χ0v) is 18.0. The van der Waals surface area contributed by atoms with E-state index in [2.05, 4.69) is 10.5 Å². The molecule has 5 rings (SSSR count). The fourth-order valence-corrected chi connectivity index (χ4v) is 5.25. The van der Waals surface area contributed by atoms with Gasteiger partial charge in [0.2, 0.25) is 0 Å². The van der Waals surface area contributed by atoms with Gasteiger partial charge >= 0.3 is 10.2 Å². The third-order valence-electron chi connectivity index (χ3n) is 5.49. The molecule has 1 aliphatic heterocycles. The van der Waals surface area contributed by atoms with Gasteiger partial charge in [0.05, 0.1) is 23.3 Å². The molecule has 0 radical (unpaired) electrons. The van der Waals surface area contributed by atoms with Crippen molar-refractivity contribution in [1.82, 2.24) is 10.5 Å². The third-order valence-corrected chi connectivity index (χ3v) is 7.31. The van der Waals surface area contributed by atoms with Crippen LogP contribution in [-0.4, -0.2) is 39.6 Å². The molecule has 1 N–H and O–H groups in total. The topological polar surface area (TPSA) is 95.8 Å². The molecular formula is C23H20N4O4S. The predicted molar refractivity (Wildman–Crippen MR) is 123 cm³/mol. The van der Waals surface area contributed by atoms with E-state index in [0.29, 0.717) is 28.2 Å². The second-order valence-electron chi connectivity index (χ2n) is 7.40. The highest BCUT2D eigenvalue weighted by molar-refractivity contribution is 7.94. The molecule has 9 heteroatoms. The van der Waals surface area contributed by atoms with Crippen molar-refractivity contribution in [2.24, 2.45) is 0 Å². The van der Waals surface area contributed by atoms with Crippen LogP contribution >= 0.6 is 0 Å². The standard InChI is InChI=1S/C23H20N4O4S/c1-26-20-9-5-6-10-21(20)27(32(26,29)30)14-13-24-23(28)17-11-12-19-18(15-17)22(31-25-19)16-7-3-2-4-8-16/h2-12,15H,13-14H2,1H3,(H,24,28). The summed E-state index contributed by atoms with van der Waals surface area (Å²) in [4.78, 5) is 12.8. The van der Waals surface area contributed by atoms with Crippen molar-refractivity contribution >= 4 is 38.4 Å². The lowest BCUT2D eigenvalue weighted by molar-refractivity contribution is 0.0955. The van der Waals surface area contributed by atoms with Crippen LogP contribution in [0.3, 0.4) is 0 Å². The minimum atomic E-state index is -3.65. The van der Waals surface area contributed by atoms with Gasteiger partial charge < -0.3 is 9.84 Å². The summed E-state index contributed by atoms with van der Waals surface area (Å²) < 4.78 is 33.5. The number of benzene rings is 3. The molecule has 8 nitrogen and oxygen atoms in total. The molecular weight excluding hydrogens is 428 g/mol. The van der Waals surface area contributed by atoms with Crippen LogP contribution < -0.4 is 13.9 Å². The number of nitrogens with zero attached hydrogens (tertiary/aromatic N) is 3. The minimum Gasteiger partial charge on any atom is -0.355 e. The largest absolute Gasteiger partial charge is 0.355 e. The maximum absolute atomic E-state index is 12.8. The summed E-state index contributed by atoms with van der Waals surface area (Å²) in [5, 5.41) is 7.62. The molecule has 4 aromatic rings. The van der Waals surface area contributed by atoms with E-state index >= 15 is 0 Å². The summed E-state index contributed by atoms with van der Waals surface area (Å²) in [5.74, 6) is 0.295. The van der Waals surface area contributed by atoms with Gasteiger partial charge in [-0.1, -0.05) is 47.6 Å². The quantitative estimate of drug-likeness (QED) is 0.505. The van der Waals surface area contributed by atoms with E-state index < -0.39 is 10.2 Å². The molecule has 1 aliphatic rings. The Morgan fingerprint density at radius 2 is 1.72 bits per heavy atom. The Bertz CT molecular complexity index is 1420. The molecule has 1 aromatic heterocycles. The highest BCUT2D eigenvalue weighted by Crippen LogP contribution is 2.39. The molecule has 32 heavy (non-hydrogen) atoms. The van der Waals surface area contributed by atoms with Crippen LogP contribution in [0.2, 0.25) is 0 Å². The Kier molecular flexibility index (Phi) is 4.82. The van der Waals surface area contributed by atoms with Crippen molar-refractivity contribution < 1.29 is 17.7 Å². The van der Waals surface area contributed by atoms with Crippen LogP contribution in [0.25, 0.3) is 22.2 Å². The van der Waals surface area contributed by atoms with E-state index in [4.69, 9.17) is 4.52 Å². The Morgan fingerprint density at radius 1 is 1.00 bits per heavy atom. The van der Waals surface area contributed by atoms with Gasteiger partial charge in [-0.25, -0.2) is 4.31 Å². The number of anilines is 2. The third kappa shape index (κ3) is 3.27. The summed E-state index contributed by atoms with van der Waals surface area (Å²) in [6.45, 7) is 0.285. The van der Waals surface area contributed by atoms with Gasteiger partial charge in [0.25, 0.3) is 5.91 Å². The zero-order chi connectivity index (χ0) is 22.3. The van der Waals surface area contributed by atoms with Gasteiger partial charge in [0, 0.05) is 24.7 Å². The minimum absolute atomic E-state index is 0.125. The summed E-state index contributed by atoms with van der Waals surface area (Å²) in [7, 11) is -2.13. The second-order valence-corrected chi connectivity index (χ2v) is 9.29. The Hall–Kier alpha value is -3.85. The van der Waals surface area contributed by atoms with Crippen LogP contribution in [0, 0.1) is 0 Å². The maximum Gasteiger partial charge on any atom is 0.326 e. The normalized spacial score (nSPS) is 14.5. The number of rotatable bonds is 5. The van der Waals surface area contributed by atoms with Crippen LogP contribution in [0.15, 0.2) is 77.3 Å². The Balaban J connectivity index is 1.33. The van der Waals surface area contributed by atoms with Crippen molar-refractivity contribution in [3.05, 3.63) is 78.4 Å². The molecule has 0 fully saturated rings. The van der Waals surface area contributed by atoms with E-state index in [1.165, 1.54) is 15.7 Å². The van der Waals surface area contributed by atoms with Crippen LogP contribution in [-0.2, 0) is 10.2 Å². The number of amides is 1. The average Bonchev–Trinajstić information content (AvgIpc) is 3.32. The van der Waals surface area contributed by atoms with Crippen molar-refractivity contribution in [3.63, 3.8) is 0 Å². The van der Waals surface area contributed by atoms with Crippen molar-refractivity contribution in [3.8, 4) is 11.3 Å². The molecule has 0 aliphatic carbocycles. The number of hydrogen-bond acceptors (Lipinski definition) is 5. The highest BCUT2D eigenvalue weighted by atomic mass is 32.2. The number of carbonyl (C=O) groups is 1. The van der Waals surface area contributed by atoms with Gasteiger partial charge in [-0.3, -0.25) is 9.10 Å². The maximum atomic E-state index is 12.8. The molecule has 0 saturated heterocycles. The fourth-order valence-electron chi connectivity index (χ4n) is 3.83. The molecule has 0 spiro atoms. The number of aromatic nitrogens is 1. The van der Waals surface area contributed by atoms with Gasteiger partial charge in [-0.05, 0) is 30.3 Å². The first-order valence-corrected chi connectivity index (χ1v) is 11.5. The molecule has 0 saturated carbocycles. The van der Waals surface area contributed by atoms with Gasteiger partial charge in [-0.2, -0.15) is 8.42 Å². The van der Waals surface area contributed by atoms with E-state index in [0.717, 1.165) is 10.9 Å². The first-order chi connectivity index (χ1) is 15.5. The number of nitrogens with one attached hydrogen (secondary N) is 1. The van der Waals surface area contributed by atoms with Gasteiger partial charge in [-0.15, -0.1) is 0 Å². The molecule has 2 heterocycles. The molecule has 0 bridgehead atoms. The van der Waals surface area contributed by atoms with E-state index in [1.807, 2.05) is 30.3 Å². The average molecular weight is 449 g/mol. The van der Waals surface area contributed by atoms with Crippen molar-refractivity contribution in [2.75, 3.05) is 28.7 Å². The lowest BCUT2D eigenvalue weighted by Gasteiger charge is -2.19. The van der Waals surface area contributed by atoms with Crippen molar-refractivity contribution in [1.29, 1.82) is 0 Å². The van der Waals surface area contributed by atoms with E-state index in [-0.39, 0.29) is 19.0 Å². The predicted octanol–water partition coefficient (Wildman–Crippen LogP) is 3.43. The smallest absolute Gasteiger partial charge is 0.326 e. The fraction of sp³-hybridized carbons (Fsp3) is 0.130. The van der Waals surface area contributed by atoms with Gasteiger partial charge in [0.15, 0.2) is 5.76 Å². The van der Waals surface area contributed by atoms with Crippen LogP contribution in [0.1, 0.15) is 10.4 Å². The molecule has 3 aromatic carbocycles. The van der Waals surface area contributed by atoms with E-state index in [1.54, 1.807) is 42.5 Å². The molecule has 0 atom stereocenters. The monoisotopic (exact) mass is 448 g/mol. The first kappa shape index (κ1) is 20.1.